The Morgan fingerprint density at radius 3 is 2.36 bits per heavy atom. The fourth-order valence-corrected chi connectivity index (χ4v) is 2.27. The van der Waals surface area contributed by atoms with Crippen LogP contribution in [0.1, 0.15) is 27.0 Å². The van der Waals surface area contributed by atoms with Crippen molar-refractivity contribution in [1.29, 1.82) is 0 Å². The normalized spacial score (nSPS) is 10.9. The summed E-state index contributed by atoms with van der Waals surface area (Å²) in [6.45, 7) is 3.56. The Morgan fingerprint density at radius 1 is 1.14 bits per heavy atom. The Hall–Kier alpha value is -2.75. The Bertz CT molecular complexity index is 728. The molecule has 0 fully saturated rings. The van der Waals surface area contributed by atoms with Crippen LogP contribution in [0.3, 0.4) is 0 Å². The standard InChI is InChI=1S/C18H18O4/c1-11-10-14(18(22-3)12(2)17(11)21)6-9-16(20)13-4-7-15(19)8-5-13/h4-10,19,21H,1-3H3. The SMILES string of the molecule is COc1c(C=CC(=O)c2ccc(O)cc2)cc(C)c(O)c1C. The Balaban J connectivity index is 2.34. The zero-order valence-corrected chi connectivity index (χ0v) is 12.8. The molecule has 0 aliphatic heterocycles. The van der Waals surface area contributed by atoms with Crippen LogP contribution >= 0.6 is 0 Å². The van der Waals surface area contributed by atoms with E-state index in [9.17, 15) is 15.0 Å². The fraction of sp³-hybridized carbons (Fsp3) is 0.167. The molecule has 4 heteroatoms. The van der Waals surface area contributed by atoms with E-state index < -0.39 is 0 Å². The number of ether oxygens (including phenoxy) is 1. The maximum Gasteiger partial charge on any atom is 0.185 e. The first-order chi connectivity index (χ1) is 10.4. The number of benzene rings is 2. The topological polar surface area (TPSA) is 66.8 Å². The van der Waals surface area contributed by atoms with Crippen LogP contribution in [-0.2, 0) is 0 Å². The Labute approximate surface area is 129 Å². The molecule has 0 saturated carbocycles. The minimum atomic E-state index is -0.176. The fourth-order valence-electron chi connectivity index (χ4n) is 2.27. The van der Waals surface area contributed by atoms with E-state index in [1.54, 1.807) is 38.1 Å². The van der Waals surface area contributed by atoms with Crippen LogP contribution in [0, 0.1) is 13.8 Å². The zero-order valence-electron chi connectivity index (χ0n) is 12.8. The second kappa shape index (κ2) is 6.35. The number of carbonyl (C=O) groups excluding carboxylic acids is 1. The van der Waals surface area contributed by atoms with Gasteiger partial charge in [0.1, 0.15) is 17.2 Å². The molecule has 2 aromatic carbocycles. The molecule has 4 nitrogen and oxygen atoms in total. The van der Waals surface area contributed by atoms with Crippen LogP contribution in [-0.4, -0.2) is 23.1 Å². The number of methoxy groups -OCH3 is 1. The smallest absolute Gasteiger partial charge is 0.185 e. The number of phenols is 2. The lowest BCUT2D eigenvalue weighted by Gasteiger charge is -2.12. The lowest BCUT2D eigenvalue weighted by molar-refractivity contribution is 0.104. The summed E-state index contributed by atoms with van der Waals surface area (Å²) < 4.78 is 5.31. The van der Waals surface area contributed by atoms with Crippen LogP contribution < -0.4 is 4.74 Å². The summed E-state index contributed by atoms with van der Waals surface area (Å²) in [4.78, 5) is 12.1. The molecule has 2 N–H and O–H groups in total. The predicted molar refractivity (Wildman–Crippen MR) is 85.6 cm³/mol. The van der Waals surface area contributed by atoms with Gasteiger partial charge in [-0.25, -0.2) is 0 Å². The average molecular weight is 298 g/mol. The first-order valence-corrected chi connectivity index (χ1v) is 6.82. The van der Waals surface area contributed by atoms with Gasteiger partial charge in [0.2, 0.25) is 0 Å². The average Bonchev–Trinajstić information content (AvgIpc) is 2.51. The second-order valence-electron chi connectivity index (χ2n) is 5.03. The molecule has 0 atom stereocenters. The van der Waals surface area contributed by atoms with E-state index in [1.807, 2.05) is 0 Å². The molecule has 0 heterocycles. The summed E-state index contributed by atoms with van der Waals surface area (Å²) in [6.07, 6.45) is 3.10. The summed E-state index contributed by atoms with van der Waals surface area (Å²) in [5.41, 5.74) is 2.57. The number of aromatic hydroxyl groups is 2. The highest BCUT2D eigenvalue weighted by molar-refractivity contribution is 6.07. The van der Waals surface area contributed by atoms with Crippen molar-refractivity contribution in [3.8, 4) is 17.2 Å². The van der Waals surface area contributed by atoms with Gasteiger partial charge in [-0.05, 0) is 61.9 Å². The largest absolute Gasteiger partial charge is 0.508 e. The Morgan fingerprint density at radius 2 is 1.77 bits per heavy atom. The number of rotatable bonds is 4. The highest BCUT2D eigenvalue weighted by atomic mass is 16.5. The third-order valence-electron chi connectivity index (χ3n) is 3.47. The number of ketones is 1. The molecule has 0 amide bonds. The number of hydrogen-bond acceptors (Lipinski definition) is 4. The molecule has 22 heavy (non-hydrogen) atoms. The number of hydrogen-bond donors (Lipinski definition) is 2. The van der Waals surface area contributed by atoms with Gasteiger partial charge in [-0.1, -0.05) is 0 Å². The van der Waals surface area contributed by atoms with Crippen LogP contribution in [0.15, 0.2) is 36.4 Å². The van der Waals surface area contributed by atoms with Crippen molar-refractivity contribution in [2.24, 2.45) is 0 Å². The van der Waals surface area contributed by atoms with Crippen LogP contribution in [0.5, 0.6) is 17.2 Å². The van der Waals surface area contributed by atoms with E-state index in [0.29, 0.717) is 16.9 Å². The first kappa shape index (κ1) is 15.6. The summed E-state index contributed by atoms with van der Waals surface area (Å²) in [5, 5.41) is 19.2. The van der Waals surface area contributed by atoms with Gasteiger partial charge in [-0.3, -0.25) is 4.79 Å². The molecular formula is C18H18O4. The summed E-state index contributed by atoms with van der Waals surface area (Å²) >= 11 is 0. The van der Waals surface area contributed by atoms with E-state index in [2.05, 4.69) is 0 Å². The maximum absolute atomic E-state index is 12.1. The first-order valence-electron chi connectivity index (χ1n) is 6.82. The molecule has 0 aliphatic carbocycles. The van der Waals surface area contributed by atoms with Crippen molar-refractivity contribution in [1.82, 2.24) is 0 Å². The van der Waals surface area contributed by atoms with Crippen LogP contribution in [0.2, 0.25) is 0 Å². The lowest BCUT2D eigenvalue weighted by atomic mass is 10.0. The highest BCUT2D eigenvalue weighted by Gasteiger charge is 2.12. The number of phenolic OH excluding ortho intramolecular Hbond substituents is 2. The number of allylic oxidation sites excluding steroid dienone is 1. The quantitative estimate of drug-likeness (QED) is 0.668. The van der Waals surface area contributed by atoms with Gasteiger partial charge >= 0.3 is 0 Å². The summed E-state index contributed by atoms with van der Waals surface area (Å²) in [5.74, 6) is 0.675. The van der Waals surface area contributed by atoms with E-state index in [-0.39, 0.29) is 17.3 Å². The van der Waals surface area contributed by atoms with E-state index >= 15 is 0 Å². The molecule has 0 unspecified atom stereocenters. The van der Waals surface area contributed by atoms with Gasteiger partial charge in [0.25, 0.3) is 0 Å². The summed E-state index contributed by atoms with van der Waals surface area (Å²) in [7, 11) is 1.52. The predicted octanol–water partition coefficient (Wildman–Crippen LogP) is 3.62. The number of aryl methyl sites for hydroxylation is 1. The van der Waals surface area contributed by atoms with Crippen molar-refractivity contribution >= 4 is 11.9 Å². The van der Waals surface area contributed by atoms with Gasteiger partial charge in [-0.2, -0.15) is 0 Å². The molecule has 2 aromatic rings. The Kier molecular flexibility index (Phi) is 4.51. The van der Waals surface area contributed by atoms with Crippen molar-refractivity contribution in [3.63, 3.8) is 0 Å². The van der Waals surface area contributed by atoms with E-state index in [4.69, 9.17) is 4.74 Å². The third-order valence-corrected chi connectivity index (χ3v) is 3.47. The van der Waals surface area contributed by atoms with Gasteiger partial charge in [0, 0.05) is 16.7 Å². The van der Waals surface area contributed by atoms with Gasteiger partial charge in [-0.15, -0.1) is 0 Å². The van der Waals surface area contributed by atoms with Gasteiger partial charge in [0.05, 0.1) is 7.11 Å². The molecule has 0 bridgehead atoms. The number of carbonyl (C=O) groups is 1. The minimum Gasteiger partial charge on any atom is -0.508 e. The molecular weight excluding hydrogens is 280 g/mol. The van der Waals surface area contributed by atoms with Crippen molar-refractivity contribution in [2.75, 3.05) is 7.11 Å². The van der Waals surface area contributed by atoms with Crippen molar-refractivity contribution in [3.05, 3.63) is 58.7 Å². The van der Waals surface area contributed by atoms with Gasteiger partial charge in [0.15, 0.2) is 5.78 Å². The second-order valence-corrected chi connectivity index (χ2v) is 5.03. The van der Waals surface area contributed by atoms with Crippen molar-refractivity contribution in [2.45, 2.75) is 13.8 Å². The monoisotopic (exact) mass is 298 g/mol. The van der Waals surface area contributed by atoms with Crippen LogP contribution in [0.25, 0.3) is 6.08 Å². The molecule has 0 spiro atoms. The molecule has 0 radical (unpaired) electrons. The highest BCUT2D eigenvalue weighted by Crippen LogP contribution is 2.34. The maximum atomic E-state index is 12.1. The van der Waals surface area contributed by atoms with E-state index in [0.717, 1.165) is 11.1 Å². The molecule has 0 aromatic heterocycles. The molecule has 114 valence electrons. The minimum absolute atomic E-state index is 0.118. The van der Waals surface area contributed by atoms with E-state index in [1.165, 1.54) is 25.3 Å². The molecule has 0 aliphatic rings. The van der Waals surface area contributed by atoms with Gasteiger partial charge < -0.3 is 14.9 Å². The third kappa shape index (κ3) is 3.11. The molecule has 2 rings (SSSR count). The molecule has 0 saturated heterocycles. The van der Waals surface area contributed by atoms with Crippen LogP contribution in [0.4, 0.5) is 0 Å². The zero-order chi connectivity index (χ0) is 16.3. The summed E-state index contributed by atoms with van der Waals surface area (Å²) in [6, 6.07) is 7.83. The lowest BCUT2D eigenvalue weighted by Crippen LogP contribution is -1.96. The van der Waals surface area contributed by atoms with Crippen molar-refractivity contribution < 1.29 is 19.7 Å².